The van der Waals surface area contributed by atoms with Crippen molar-refractivity contribution in [1.29, 1.82) is 0 Å². The van der Waals surface area contributed by atoms with Gasteiger partial charge in [0, 0.05) is 11.6 Å². The molecule has 3 aromatic rings. The fourth-order valence-electron chi connectivity index (χ4n) is 3.45. The molecule has 1 heterocycles. The van der Waals surface area contributed by atoms with E-state index in [0.29, 0.717) is 11.1 Å². The van der Waals surface area contributed by atoms with Gasteiger partial charge in [-0.05, 0) is 52.9 Å². The van der Waals surface area contributed by atoms with E-state index >= 15 is 0 Å². The molecule has 0 saturated heterocycles. The third-order valence-corrected chi connectivity index (χ3v) is 5.36. The zero-order valence-electron chi connectivity index (χ0n) is 19.6. The molecule has 3 aromatic carbocycles. The maximum atomic E-state index is 12.4. The fraction of sp³-hybridized carbons (Fsp3) is 0.154. The lowest BCUT2D eigenvalue weighted by atomic mass is 9.87. The maximum absolute atomic E-state index is 12.4. The molecule has 10 heteroatoms. The van der Waals surface area contributed by atoms with Gasteiger partial charge in [-0.3, -0.25) is 20.2 Å². The van der Waals surface area contributed by atoms with Crippen LogP contribution in [0, 0.1) is 20.2 Å². The predicted molar refractivity (Wildman–Crippen MR) is 132 cm³/mol. The highest BCUT2D eigenvalue weighted by Crippen LogP contribution is 2.35. The van der Waals surface area contributed by atoms with Gasteiger partial charge in [-0.15, -0.1) is 0 Å². The van der Waals surface area contributed by atoms with Gasteiger partial charge in [0.1, 0.15) is 5.75 Å². The van der Waals surface area contributed by atoms with Gasteiger partial charge in [-0.2, -0.15) is 0 Å². The van der Waals surface area contributed by atoms with Crippen molar-refractivity contribution < 1.29 is 24.1 Å². The van der Waals surface area contributed by atoms with E-state index in [9.17, 15) is 25.0 Å². The van der Waals surface area contributed by atoms with Gasteiger partial charge in [0.2, 0.25) is 11.6 Å². The molecule has 36 heavy (non-hydrogen) atoms. The number of aliphatic imine (C=N–C) groups is 1. The lowest BCUT2D eigenvalue weighted by molar-refractivity contribution is -0.394. The molecular formula is C26H21N3O7. The third-order valence-electron chi connectivity index (χ3n) is 5.36. The van der Waals surface area contributed by atoms with Gasteiger partial charge in [0.15, 0.2) is 5.70 Å². The van der Waals surface area contributed by atoms with E-state index in [1.807, 2.05) is 24.3 Å². The van der Waals surface area contributed by atoms with Crippen molar-refractivity contribution >= 4 is 29.3 Å². The molecule has 0 spiro atoms. The summed E-state index contributed by atoms with van der Waals surface area (Å²) < 4.78 is 11.0. The minimum atomic E-state index is -0.757. The quantitative estimate of drug-likeness (QED) is 0.182. The Balaban J connectivity index is 1.58. The molecule has 0 amide bonds. The Morgan fingerprint density at radius 3 is 2.31 bits per heavy atom. The second kappa shape index (κ2) is 9.41. The first-order chi connectivity index (χ1) is 17.0. The second-order valence-corrected chi connectivity index (χ2v) is 9.00. The summed E-state index contributed by atoms with van der Waals surface area (Å²) in [6.07, 6.45) is 1.51. The number of hydrogen-bond donors (Lipinski definition) is 0. The third kappa shape index (κ3) is 5.27. The van der Waals surface area contributed by atoms with Gasteiger partial charge in [0.05, 0.1) is 15.9 Å². The number of cyclic esters (lactones) is 1. The maximum Gasteiger partial charge on any atom is 0.363 e. The number of non-ortho nitro benzene ring substituents is 1. The van der Waals surface area contributed by atoms with Crippen LogP contribution in [0.1, 0.15) is 37.5 Å². The topological polar surface area (TPSA) is 134 Å². The monoisotopic (exact) mass is 487 g/mol. The summed E-state index contributed by atoms with van der Waals surface area (Å²) in [4.78, 5) is 37.5. The molecule has 1 aliphatic heterocycles. The molecule has 0 unspecified atom stereocenters. The number of rotatable bonds is 6. The van der Waals surface area contributed by atoms with Crippen LogP contribution >= 0.6 is 0 Å². The summed E-state index contributed by atoms with van der Waals surface area (Å²) in [5.41, 5.74) is 1.45. The molecule has 1 aliphatic rings. The Bertz CT molecular complexity index is 1430. The number of hydrogen-bond acceptors (Lipinski definition) is 8. The lowest BCUT2D eigenvalue weighted by Crippen LogP contribution is -2.11. The molecule has 10 nitrogen and oxygen atoms in total. The minimum absolute atomic E-state index is 0.0141. The summed E-state index contributed by atoms with van der Waals surface area (Å²) in [6, 6.07) is 17.2. The molecule has 0 aromatic heterocycles. The Hall–Kier alpha value is -4.86. The summed E-state index contributed by atoms with van der Waals surface area (Å²) in [5, 5.41) is 22.3. The Morgan fingerprint density at radius 1 is 0.944 bits per heavy atom. The minimum Gasteiger partial charge on any atom is -0.450 e. The molecule has 0 radical (unpaired) electrons. The van der Waals surface area contributed by atoms with E-state index in [4.69, 9.17) is 9.47 Å². The smallest absolute Gasteiger partial charge is 0.363 e. The number of carbonyl (C=O) groups excluding carboxylic acids is 1. The molecule has 0 atom stereocenters. The summed E-state index contributed by atoms with van der Waals surface area (Å²) >= 11 is 0. The normalized spacial score (nSPS) is 14.4. The molecule has 0 aliphatic carbocycles. The highest BCUT2D eigenvalue weighted by Gasteiger charge is 2.25. The van der Waals surface area contributed by atoms with E-state index < -0.39 is 27.2 Å². The largest absolute Gasteiger partial charge is 0.450 e. The lowest BCUT2D eigenvalue weighted by Gasteiger charge is -2.18. The van der Waals surface area contributed by atoms with Crippen molar-refractivity contribution in [2.75, 3.05) is 0 Å². The summed E-state index contributed by atoms with van der Waals surface area (Å²) in [6.45, 7) is 6.31. The van der Waals surface area contributed by atoms with Gasteiger partial charge in [-0.1, -0.05) is 45.0 Å². The predicted octanol–water partition coefficient (Wildman–Crippen LogP) is 5.94. The van der Waals surface area contributed by atoms with E-state index in [1.165, 1.54) is 6.08 Å². The number of esters is 1. The van der Waals surface area contributed by atoms with Crippen molar-refractivity contribution in [3.8, 4) is 11.5 Å². The van der Waals surface area contributed by atoms with E-state index in [1.54, 1.807) is 24.3 Å². The van der Waals surface area contributed by atoms with Gasteiger partial charge in [-0.25, -0.2) is 9.79 Å². The van der Waals surface area contributed by atoms with Gasteiger partial charge >= 0.3 is 11.7 Å². The van der Waals surface area contributed by atoms with Crippen LogP contribution in [-0.2, 0) is 14.9 Å². The fourth-order valence-corrected chi connectivity index (χ4v) is 3.45. The molecule has 0 N–H and O–H groups in total. The highest BCUT2D eigenvalue weighted by molar-refractivity contribution is 6.12. The number of ether oxygens (including phenoxy) is 2. The number of benzene rings is 3. The van der Waals surface area contributed by atoms with Crippen LogP contribution in [0.15, 0.2) is 77.4 Å². The number of nitrogens with zero attached hydrogens (tertiary/aromatic N) is 3. The van der Waals surface area contributed by atoms with Crippen molar-refractivity contribution in [3.05, 3.63) is 109 Å². The average Bonchev–Trinajstić information content (AvgIpc) is 3.19. The van der Waals surface area contributed by atoms with Crippen LogP contribution in [0.4, 0.5) is 11.4 Å². The van der Waals surface area contributed by atoms with Gasteiger partial charge in [0.25, 0.3) is 5.69 Å². The van der Waals surface area contributed by atoms with Crippen LogP contribution in [0.2, 0.25) is 0 Å². The standard InChI is InChI=1S/C26H21N3O7/c1-26(2,3)18-9-7-17(8-10-18)24-27-21(25(30)36-24)14-16-5-4-6-20(13-16)35-23-12-11-19(28(31)32)15-22(23)29(33)34/h4-15H,1-3H3. The van der Waals surface area contributed by atoms with Crippen molar-refractivity contribution in [3.63, 3.8) is 0 Å². The van der Waals surface area contributed by atoms with E-state index in [0.717, 1.165) is 23.8 Å². The van der Waals surface area contributed by atoms with Crippen molar-refractivity contribution in [2.45, 2.75) is 26.2 Å². The van der Waals surface area contributed by atoms with E-state index in [-0.39, 0.29) is 28.5 Å². The number of nitro groups is 2. The SMILES string of the molecule is CC(C)(C)c1ccc(C2=NC(=Cc3cccc(Oc4ccc([N+](=O)[O-])cc4[N+](=O)[O-])c3)C(=O)O2)cc1. The molecule has 0 fully saturated rings. The van der Waals surface area contributed by atoms with Crippen LogP contribution < -0.4 is 4.74 Å². The highest BCUT2D eigenvalue weighted by atomic mass is 16.6. The molecule has 4 rings (SSSR count). The second-order valence-electron chi connectivity index (χ2n) is 9.00. The van der Waals surface area contributed by atoms with Crippen LogP contribution in [0.3, 0.4) is 0 Å². The zero-order valence-corrected chi connectivity index (χ0v) is 19.6. The first-order valence-corrected chi connectivity index (χ1v) is 10.9. The van der Waals surface area contributed by atoms with E-state index in [2.05, 4.69) is 25.8 Å². The average molecular weight is 487 g/mol. The van der Waals surface area contributed by atoms with Crippen LogP contribution in [-0.4, -0.2) is 21.7 Å². The molecule has 0 bridgehead atoms. The van der Waals surface area contributed by atoms with Crippen molar-refractivity contribution in [1.82, 2.24) is 0 Å². The Morgan fingerprint density at radius 2 is 1.67 bits per heavy atom. The van der Waals surface area contributed by atoms with Crippen LogP contribution in [0.5, 0.6) is 11.5 Å². The Labute approximate surface area is 205 Å². The summed E-state index contributed by atoms with van der Waals surface area (Å²) in [5.74, 6) is -0.341. The van der Waals surface area contributed by atoms with Crippen molar-refractivity contribution in [2.24, 2.45) is 4.99 Å². The summed E-state index contributed by atoms with van der Waals surface area (Å²) in [7, 11) is 0. The first-order valence-electron chi connectivity index (χ1n) is 10.9. The zero-order chi connectivity index (χ0) is 26.0. The molecule has 182 valence electrons. The number of nitro benzene ring substituents is 2. The van der Waals surface area contributed by atoms with Gasteiger partial charge < -0.3 is 9.47 Å². The molecule has 0 saturated carbocycles. The Kier molecular flexibility index (Phi) is 6.35. The first kappa shape index (κ1) is 24.3. The molecular weight excluding hydrogens is 466 g/mol. The number of carbonyl (C=O) groups is 1. The van der Waals surface area contributed by atoms with Crippen LogP contribution in [0.25, 0.3) is 6.08 Å².